The van der Waals surface area contributed by atoms with Crippen LogP contribution in [0.25, 0.3) is 0 Å². The van der Waals surface area contributed by atoms with Gasteiger partial charge in [0.15, 0.2) is 0 Å². The number of hydrogen-bond acceptors (Lipinski definition) is 7. The molecule has 37 heavy (non-hydrogen) atoms. The third-order valence-electron chi connectivity index (χ3n) is 5.23. The molecule has 4 aromatic rings. The average Bonchev–Trinajstić information content (AvgIpc) is 2.93. The predicted octanol–water partition coefficient (Wildman–Crippen LogP) is 6.55. The summed E-state index contributed by atoms with van der Waals surface area (Å²) in [5.74, 6) is 0.425. The van der Waals surface area contributed by atoms with Gasteiger partial charge in [-0.15, -0.1) is 0 Å². The molecular formula is C29H22ClNO6. The van der Waals surface area contributed by atoms with Crippen molar-refractivity contribution < 1.29 is 28.5 Å². The van der Waals surface area contributed by atoms with Crippen LogP contribution in [0.3, 0.4) is 0 Å². The number of aliphatic imine (C=N–C) groups is 1. The van der Waals surface area contributed by atoms with Gasteiger partial charge in [0.1, 0.15) is 23.0 Å². The highest BCUT2D eigenvalue weighted by Crippen LogP contribution is 2.27. The van der Waals surface area contributed by atoms with Crippen LogP contribution >= 0.6 is 11.6 Å². The first-order chi connectivity index (χ1) is 17.9. The lowest BCUT2D eigenvalue weighted by Gasteiger charge is -2.11. The number of benzene rings is 4. The van der Waals surface area contributed by atoms with Gasteiger partial charge < -0.3 is 18.9 Å². The van der Waals surface area contributed by atoms with E-state index in [2.05, 4.69) is 4.99 Å². The molecule has 0 aromatic heterocycles. The van der Waals surface area contributed by atoms with Crippen LogP contribution in [0.4, 0.5) is 5.69 Å². The van der Waals surface area contributed by atoms with Gasteiger partial charge in [-0.05, 0) is 84.9 Å². The Morgan fingerprint density at radius 3 is 1.73 bits per heavy atom. The van der Waals surface area contributed by atoms with Gasteiger partial charge >= 0.3 is 11.9 Å². The summed E-state index contributed by atoms with van der Waals surface area (Å²) < 4.78 is 21.4. The second-order valence-corrected chi connectivity index (χ2v) is 8.11. The van der Waals surface area contributed by atoms with Crippen LogP contribution in [0, 0.1) is 0 Å². The minimum absolute atomic E-state index is 0.165. The Bertz CT molecular complexity index is 1410. The van der Waals surface area contributed by atoms with Gasteiger partial charge in [-0.25, -0.2) is 9.59 Å². The van der Waals surface area contributed by atoms with Gasteiger partial charge in [-0.1, -0.05) is 11.6 Å². The summed E-state index contributed by atoms with van der Waals surface area (Å²) in [4.78, 5) is 29.9. The largest absolute Gasteiger partial charge is 0.497 e. The van der Waals surface area contributed by atoms with Crippen molar-refractivity contribution >= 4 is 35.4 Å². The summed E-state index contributed by atoms with van der Waals surface area (Å²) >= 11 is 5.94. The molecule has 0 heterocycles. The van der Waals surface area contributed by atoms with Crippen LogP contribution in [0.1, 0.15) is 26.3 Å². The van der Waals surface area contributed by atoms with Gasteiger partial charge in [0.2, 0.25) is 0 Å². The lowest BCUT2D eigenvalue weighted by atomic mass is 10.2. The fourth-order valence-corrected chi connectivity index (χ4v) is 3.35. The Labute approximate surface area is 218 Å². The van der Waals surface area contributed by atoms with E-state index in [1.807, 2.05) is 0 Å². The maximum Gasteiger partial charge on any atom is 0.343 e. The number of rotatable bonds is 8. The monoisotopic (exact) mass is 515 g/mol. The predicted molar refractivity (Wildman–Crippen MR) is 141 cm³/mol. The molecule has 0 N–H and O–H groups in total. The molecule has 0 amide bonds. The molecule has 8 heteroatoms. The highest BCUT2D eigenvalue weighted by atomic mass is 35.5. The first-order valence-electron chi connectivity index (χ1n) is 11.1. The Hall–Kier alpha value is -4.62. The van der Waals surface area contributed by atoms with Crippen molar-refractivity contribution in [3.8, 4) is 23.0 Å². The molecule has 7 nitrogen and oxygen atoms in total. The van der Waals surface area contributed by atoms with Gasteiger partial charge in [-0.3, -0.25) is 4.99 Å². The fourth-order valence-electron chi connectivity index (χ4n) is 3.22. The number of carbonyl (C=O) groups excluding carboxylic acids is 2. The minimum Gasteiger partial charge on any atom is -0.497 e. The summed E-state index contributed by atoms with van der Waals surface area (Å²) in [6, 6.07) is 24.7. The molecule has 0 saturated carbocycles. The first kappa shape index (κ1) is 25.5. The van der Waals surface area contributed by atoms with Gasteiger partial charge in [0.05, 0.1) is 31.0 Å². The second kappa shape index (κ2) is 11.9. The van der Waals surface area contributed by atoms with E-state index in [0.29, 0.717) is 38.9 Å². The molecule has 0 saturated heterocycles. The van der Waals surface area contributed by atoms with Crippen molar-refractivity contribution in [1.29, 1.82) is 0 Å². The van der Waals surface area contributed by atoms with Crippen molar-refractivity contribution in [3.63, 3.8) is 0 Å². The maximum atomic E-state index is 12.9. The SMILES string of the molecule is COc1ccc(C(=O)Oc2ccc(C=Nc3ccc(Cl)cc3)c(OC(=O)c3ccc(OC)cc3)c2)cc1. The minimum atomic E-state index is -0.595. The van der Waals surface area contributed by atoms with Crippen molar-refractivity contribution in [2.75, 3.05) is 14.2 Å². The molecule has 4 aromatic carbocycles. The van der Waals surface area contributed by atoms with Crippen LogP contribution in [0.2, 0.25) is 5.02 Å². The van der Waals surface area contributed by atoms with Crippen LogP contribution in [-0.4, -0.2) is 32.4 Å². The smallest absolute Gasteiger partial charge is 0.343 e. The molecule has 0 aliphatic heterocycles. The lowest BCUT2D eigenvalue weighted by molar-refractivity contribution is 0.0732. The Balaban J connectivity index is 1.60. The van der Waals surface area contributed by atoms with Crippen LogP contribution in [-0.2, 0) is 0 Å². The van der Waals surface area contributed by atoms with E-state index < -0.39 is 11.9 Å². The number of esters is 2. The number of nitrogens with zero attached hydrogens (tertiary/aromatic N) is 1. The number of halogens is 1. The van der Waals surface area contributed by atoms with E-state index in [0.717, 1.165) is 0 Å². The standard InChI is InChI=1S/C29H22ClNO6/c1-34-24-12-3-19(4-13-24)28(32)36-26-16-7-21(18-31-23-10-8-22(30)9-11-23)27(17-26)37-29(33)20-5-14-25(35-2)15-6-20/h3-18H,1-2H3. The van der Waals surface area contributed by atoms with E-state index in [-0.39, 0.29) is 11.5 Å². The average molecular weight is 516 g/mol. The normalized spacial score (nSPS) is 10.7. The molecule has 0 aliphatic carbocycles. The molecular weight excluding hydrogens is 494 g/mol. The van der Waals surface area contributed by atoms with E-state index in [9.17, 15) is 9.59 Å². The zero-order valence-electron chi connectivity index (χ0n) is 20.0. The van der Waals surface area contributed by atoms with Crippen molar-refractivity contribution in [1.82, 2.24) is 0 Å². The van der Waals surface area contributed by atoms with Gasteiger partial charge in [0, 0.05) is 22.9 Å². The van der Waals surface area contributed by atoms with Crippen molar-refractivity contribution in [2.45, 2.75) is 0 Å². The number of ether oxygens (including phenoxy) is 4. The van der Waals surface area contributed by atoms with Gasteiger partial charge in [0.25, 0.3) is 0 Å². The highest BCUT2D eigenvalue weighted by Gasteiger charge is 2.15. The van der Waals surface area contributed by atoms with E-state index in [1.54, 1.807) is 105 Å². The molecule has 0 aliphatic rings. The van der Waals surface area contributed by atoms with Crippen molar-refractivity contribution in [3.05, 3.63) is 113 Å². The Morgan fingerprint density at radius 1 is 0.676 bits per heavy atom. The number of hydrogen-bond donors (Lipinski definition) is 0. The zero-order valence-corrected chi connectivity index (χ0v) is 20.8. The Kier molecular flexibility index (Phi) is 8.18. The van der Waals surface area contributed by atoms with Crippen molar-refractivity contribution in [2.24, 2.45) is 4.99 Å². The molecule has 0 fully saturated rings. The molecule has 4 rings (SSSR count). The number of methoxy groups -OCH3 is 2. The summed E-state index contributed by atoms with van der Waals surface area (Å²) in [5, 5.41) is 0.594. The lowest BCUT2D eigenvalue weighted by Crippen LogP contribution is -2.11. The quantitative estimate of drug-likeness (QED) is 0.150. The van der Waals surface area contributed by atoms with Gasteiger partial charge in [-0.2, -0.15) is 0 Å². The molecule has 0 atom stereocenters. The molecule has 0 radical (unpaired) electrons. The summed E-state index contributed by atoms with van der Waals surface area (Å²) in [6.45, 7) is 0. The van der Waals surface area contributed by atoms with E-state index in [4.69, 9.17) is 30.5 Å². The fraction of sp³-hybridized carbons (Fsp3) is 0.0690. The summed E-state index contributed by atoms with van der Waals surface area (Å²) in [6.07, 6.45) is 1.55. The third kappa shape index (κ3) is 6.74. The zero-order chi connectivity index (χ0) is 26.2. The van der Waals surface area contributed by atoms with Crippen LogP contribution < -0.4 is 18.9 Å². The summed E-state index contributed by atoms with van der Waals surface area (Å²) in [5.41, 5.74) is 1.82. The van der Waals surface area contributed by atoms with Crippen LogP contribution in [0.15, 0.2) is 96.0 Å². The van der Waals surface area contributed by atoms with E-state index >= 15 is 0 Å². The van der Waals surface area contributed by atoms with E-state index in [1.165, 1.54) is 6.07 Å². The Morgan fingerprint density at radius 2 is 1.19 bits per heavy atom. The highest BCUT2D eigenvalue weighted by molar-refractivity contribution is 6.30. The number of carbonyl (C=O) groups is 2. The summed E-state index contributed by atoms with van der Waals surface area (Å²) in [7, 11) is 3.08. The second-order valence-electron chi connectivity index (χ2n) is 7.67. The first-order valence-corrected chi connectivity index (χ1v) is 11.5. The topological polar surface area (TPSA) is 83.4 Å². The van der Waals surface area contributed by atoms with Crippen LogP contribution in [0.5, 0.6) is 23.0 Å². The maximum absolute atomic E-state index is 12.9. The molecule has 0 spiro atoms. The molecule has 0 bridgehead atoms. The molecule has 0 unspecified atom stereocenters. The molecule has 186 valence electrons. The third-order valence-corrected chi connectivity index (χ3v) is 5.48.